The van der Waals surface area contributed by atoms with Crippen molar-refractivity contribution in [2.24, 2.45) is 0 Å². The van der Waals surface area contributed by atoms with Gasteiger partial charge in [0.25, 0.3) is 0 Å². The molecule has 122 valence electrons. The Morgan fingerprint density at radius 3 is 2.32 bits per heavy atom. The predicted molar refractivity (Wildman–Crippen MR) is 87.4 cm³/mol. The number of carbonyl (C=O) groups excluding carboxylic acids is 1. The Morgan fingerprint density at radius 2 is 1.68 bits per heavy atom. The molecule has 1 aliphatic rings. The van der Waals surface area contributed by atoms with E-state index in [0.29, 0.717) is 19.6 Å². The number of likely N-dealkylation sites (tertiary alicyclic amines) is 1. The Labute approximate surface area is 133 Å². The monoisotopic (exact) mass is 305 g/mol. The fourth-order valence-electron chi connectivity index (χ4n) is 2.73. The minimum Gasteiger partial charge on any atom is -0.490 e. The number of carbonyl (C=O) groups is 1. The summed E-state index contributed by atoms with van der Waals surface area (Å²) in [6, 6.07) is 7.67. The topological polar surface area (TPSA) is 38.8 Å². The molecule has 0 atom stereocenters. The van der Waals surface area contributed by atoms with Crippen LogP contribution in [0.5, 0.6) is 11.5 Å². The number of hydrogen-bond donors (Lipinski definition) is 0. The highest BCUT2D eigenvalue weighted by atomic mass is 16.5. The number of para-hydroxylation sites is 2. The molecule has 1 amide bonds. The zero-order chi connectivity index (χ0) is 15.6. The number of amides is 1. The van der Waals surface area contributed by atoms with Crippen LogP contribution in [0, 0.1) is 0 Å². The SMILES string of the molecule is CCOc1ccccc1OCCCC(=O)N1CCCCCC1. The molecule has 2 rings (SSSR count). The number of rotatable bonds is 7. The van der Waals surface area contributed by atoms with Gasteiger partial charge in [0.1, 0.15) is 0 Å². The summed E-state index contributed by atoms with van der Waals surface area (Å²) in [5.41, 5.74) is 0. The second-order valence-corrected chi connectivity index (χ2v) is 5.63. The maximum atomic E-state index is 12.2. The third kappa shape index (κ3) is 5.24. The Bertz CT molecular complexity index is 453. The normalized spacial score (nSPS) is 15.2. The lowest BCUT2D eigenvalue weighted by Crippen LogP contribution is -2.31. The summed E-state index contributed by atoms with van der Waals surface area (Å²) in [6.45, 7) is 4.97. The zero-order valence-corrected chi connectivity index (χ0v) is 13.6. The van der Waals surface area contributed by atoms with Crippen LogP contribution in [0.3, 0.4) is 0 Å². The van der Waals surface area contributed by atoms with Gasteiger partial charge in [0.2, 0.25) is 5.91 Å². The van der Waals surface area contributed by atoms with Gasteiger partial charge in [-0.05, 0) is 38.3 Å². The summed E-state index contributed by atoms with van der Waals surface area (Å²) in [5.74, 6) is 1.79. The van der Waals surface area contributed by atoms with Gasteiger partial charge in [-0.1, -0.05) is 25.0 Å². The van der Waals surface area contributed by atoms with E-state index >= 15 is 0 Å². The van der Waals surface area contributed by atoms with Crippen molar-refractivity contribution in [2.75, 3.05) is 26.3 Å². The minimum absolute atomic E-state index is 0.267. The molecule has 0 spiro atoms. The summed E-state index contributed by atoms with van der Waals surface area (Å²) >= 11 is 0. The second-order valence-electron chi connectivity index (χ2n) is 5.63. The number of ether oxygens (including phenoxy) is 2. The van der Waals surface area contributed by atoms with Gasteiger partial charge in [0, 0.05) is 19.5 Å². The van der Waals surface area contributed by atoms with Crippen molar-refractivity contribution in [1.29, 1.82) is 0 Å². The van der Waals surface area contributed by atoms with Crippen LogP contribution < -0.4 is 9.47 Å². The van der Waals surface area contributed by atoms with Crippen LogP contribution in [0.4, 0.5) is 0 Å². The molecule has 0 N–H and O–H groups in total. The first-order chi connectivity index (χ1) is 10.8. The Hall–Kier alpha value is -1.71. The van der Waals surface area contributed by atoms with E-state index in [1.165, 1.54) is 12.8 Å². The third-order valence-corrected chi connectivity index (χ3v) is 3.90. The van der Waals surface area contributed by atoms with Crippen molar-refractivity contribution in [3.8, 4) is 11.5 Å². The lowest BCUT2D eigenvalue weighted by atomic mass is 10.2. The van der Waals surface area contributed by atoms with Crippen LogP contribution in [0.15, 0.2) is 24.3 Å². The molecule has 22 heavy (non-hydrogen) atoms. The highest BCUT2D eigenvalue weighted by Gasteiger charge is 2.15. The van der Waals surface area contributed by atoms with Crippen LogP contribution >= 0.6 is 0 Å². The standard InChI is InChI=1S/C18H27NO3/c1-2-21-16-10-5-6-11-17(16)22-15-9-12-18(20)19-13-7-3-4-8-14-19/h5-6,10-11H,2-4,7-9,12-15H2,1H3. The molecule has 1 fully saturated rings. The molecule has 1 aliphatic heterocycles. The second kappa shape index (κ2) is 9.34. The Morgan fingerprint density at radius 1 is 1.05 bits per heavy atom. The summed E-state index contributed by atoms with van der Waals surface area (Å²) in [4.78, 5) is 14.2. The van der Waals surface area contributed by atoms with E-state index < -0.39 is 0 Å². The molecule has 0 aromatic heterocycles. The highest BCUT2D eigenvalue weighted by molar-refractivity contribution is 5.76. The van der Waals surface area contributed by atoms with Crippen molar-refractivity contribution in [3.05, 3.63) is 24.3 Å². The molecule has 0 saturated carbocycles. The smallest absolute Gasteiger partial charge is 0.222 e. The van der Waals surface area contributed by atoms with Gasteiger partial charge in [-0.3, -0.25) is 4.79 Å². The Balaban J connectivity index is 1.71. The quantitative estimate of drug-likeness (QED) is 0.722. The lowest BCUT2D eigenvalue weighted by Gasteiger charge is -2.20. The van der Waals surface area contributed by atoms with E-state index in [0.717, 1.165) is 43.9 Å². The van der Waals surface area contributed by atoms with Gasteiger partial charge in [-0.15, -0.1) is 0 Å². The lowest BCUT2D eigenvalue weighted by molar-refractivity contribution is -0.131. The number of nitrogens with zero attached hydrogens (tertiary/aromatic N) is 1. The van der Waals surface area contributed by atoms with Crippen molar-refractivity contribution in [3.63, 3.8) is 0 Å². The molecule has 0 unspecified atom stereocenters. The molecule has 1 heterocycles. The van der Waals surface area contributed by atoms with Crippen LogP contribution in [0.25, 0.3) is 0 Å². The first kappa shape index (κ1) is 16.7. The highest BCUT2D eigenvalue weighted by Crippen LogP contribution is 2.26. The fraction of sp³-hybridized carbons (Fsp3) is 0.611. The molecule has 4 nitrogen and oxygen atoms in total. The van der Waals surface area contributed by atoms with Crippen molar-refractivity contribution >= 4 is 5.91 Å². The molecule has 4 heteroatoms. The average Bonchev–Trinajstić information content (AvgIpc) is 2.82. The van der Waals surface area contributed by atoms with Gasteiger partial charge >= 0.3 is 0 Å². The molecular weight excluding hydrogens is 278 g/mol. The maximum absolute atomic E-state index is 12.2. The van der Waals surface area contributed by atoms with Crippen molar-refractivity contribution in [1.82, 2.24) is 4.90 Å². The van der Waals surface area contributed by atoms with Crippen LogP contribution in [0.2, 0.25) is 0 Å². The molecule has 0 bridgehead atoms. The van der Waals surface area contributed by atoms with Crippen LogP contribution in [-0.2, 0) is 4.79 Å². The number of hydrogen-bond acceptors (Lipinski definition) is 3. The first-order valence-electron chi connectivity index (χ1n) is 8.43. The van der Waals surface area contributed by atoms with Crippen LogP contribution in [-0.4, -0.2) is 37.1 Å². The van der Waals surface area contributed by atoms with E-state index in [2.05, 4.69) is 0 Å². The maximum Gasteiger partial charge on any atom is 0.222 e. The summed E-state index contributed by atoms with van der Waals surface area (Å²) in [5, 5.41) is 0. The van der Waals surface area contributed by atoms with Crippen LogP contribution in [0.1, 0.15) is 45.4 Å². The average molecular weight is 305 g/mol. The molecular formula is C18H27NO3. The molecule has 1 saturated heterocycles. The van der Waals surface area contributed by atoms with Crippen molar-refractivity contribution in [2.45, 2.75) is 45.4 Å². The molecule has 1 aromatic carbocycles. The first-order valence-corrected chi connectivity index (χ1v) is 8.43. The van der Waals surface area contributed by atoms with Crippen molar-refractivity contribution < 1.29 is 14.3 Å². The van der Waals surface area contributed by atoms with E-state index in [1.54, 1.807) is 0 Å². The largest absolute Gasteiger partial charge is 0.490 e. The zero-order valence-electron chi connectivity index (χ0n) is 13.6. The summed E-state index contributed by atoms with van der Waals surface area (Å²) in [6.07, 6.45) is 6.10. The molecule has 0 radical (unpaired) electrons. The summed E-state index contributed by atoms with van der Waals surface area (Å²) < 4.78 is 11.3. The van der Waals surface area contributed by atoms with E-state index in [9.17, 15) is 4.79 Å². The Kier molecular flexibility index (Phi) is 7.07. The van der Waals surface area contributed by atoms with Gasteiger partial charge in [-0.2, -0.15) is 0 Å². The van der Waals surface area contributed by atoms with Gasteiger partial charge < -0.3 is 14.4 Å². The van der Waals surface area contributed by atoms with E-state index in [1.807, 2.05) is 36.1 Å². The van der Waals surface area contributed by atoms with Gasteiger partial charge in [-0.25, -0.2) is 0 Å². The van der Waals surface area contributed by atoms with E-state index in [-0.39, 0.29) is 5.91 Å². The summed E-state index contributed by atoms with van der Waals surface area (Å²) in [7, 11) is 0. The minimum atomic E-state index is 0.267. The van der Waals surface area contributed by atoms with Gasteiger partial charge in [0.05, 0.1) is 13.2 Å². The van der Waals surface area contributed by atoms with E-state index in [4.69, 9.17) is 9.47 Å². The van der Waals surface area contributed by atoms with Gasteiger partial charge in [0.15, 0.2) is 11.5 Å². The predicted octanol–water partition coefficient (Wildman–Crippen LogP) is 3.65. The third-order valence-electron chi connectivity index (χ3n) is 3.90. The molecule has 0 aliphatic carbocycles. The number of benzene rings is 1. The fourth-order valence-corrected chi connectivity index (χ4v) is 2.73. The molecule has 1 aromatic rings.